The molecule has 0 bridgehead atoms. The SMILES string of the molecule is CCNC(=NCCN(C)CCOC)N1CCN(C(=O)C2CCCO2)CC1. The van der Waals surface area contributed by atoms with Gasteiger partial charge in [-0.25, -0.2) is 0 Å². The van der Waals surface area contributed by atoms with E-state index in [1.54, 1.807) is 7.11 Å². The van der Waals surface area contributed by atoms with E-state index >= 15 is 0 Å². The van der Waals surface area contributed by atoms with Gasteiger partial charge in [0.25, 0.3) is 5.91 Å². The van der Waals surface area contributed by atoms with Crippen molar-refractivity contribution in [3.63, 3.8) is 0 Å². The number of carbonyl (C=O) groups is 1. The Labute approximate surface area is 157 Å². The van der Waals surface area contributed by atoms with Crippen LogP contribution in [0.2, 0.25) is 0 Å². The van der Waals surface area contributed by atoms with Crippen molar-refractivity contribution in [3.05, 3.63) is 0 Å². The average Bonchev–Trinajstić information content (AvgIpc) is 3.20. The van der Waals surface area contributed by atoms with Gasteiger partial charge < -0.3 is 29.5 Å². The van der Waals surface area contributed by atoms with Gasteiger partial charge in [-0.2, -0.15) is 0 Å². The second kappa shape index (κ2) is 11.4. The van der Waals surface area contributed by atoms with Crippen LogP contribution in [0.5, 0.6) is 0 Å². The maximum Gasteiger partial charge on any atom is 0.251 e. The summed E-state index contributed by atoms with van der Waals surface area (Å²) in [6, 6.07) is 0. The molecule has 0 aromatic rings. The van der Waals surface area contributed by atoms with Crippen molar-refractivity contribution in [2.45, 2.75) is 25.9 Å². The van der Waals surface area contributed by atoms with Gasteiger partial charge in [0.05, 0.1) is 13.2 Å². The Morgan fingerprint density at radius 1 is 1.27 bits per heavy atom. The van der Waals surface area contributed by atoms with E-state index in [1.807, 2.05) is 4.90 Å². The fourth-order valence-corrected chi connectivity index (χ4v) is 3.23. The lowest BCUT2D eigenvalue weighted by atomic mass is 10.2. The molecule has 2 saturated heterocycles. The van der Waals surface area contributed by atoms with E-state index in [0.717, 1.165) is 77.8 Å². The van der Waals surface area contributed by atoms with E-state index in [0.29, 0.717) is 6.61 Å². The lowest BCUT2D eigenvalue weighted by molar-refractivity contribution is -0.142. The number of methoxy groups -OCH3 is 1. The first-order valence-electron chi connectivity index (χ1n) is 9.76. The number of nitrogens with one attached hydrogen (secondary N) is 1. The van der Waals surface area contributed by atoms with Crippen LogP contribution >= 0.6 is 0 Å². The predicted octanol–water partition coefficient (Wildman–Crippen LogP) is -0.147. The summed E-state index contributed by atoms with van der Waals surface area (Å²) in [6.45, 7) is 10.0. The minimum Gasteiger partial charge on any atom is -0.383 e. The van der Waals surface area contributed by atoms with Crippen molar-refractivity contribution in [2.75, 3.05) is 79.7 Å². The lowest BCUT2D eigenvalue weighted by Gasteiger charge is -2.37. The maximum absolute atomic E-state index is 12.5. The van der Waals surface area contributed by atoms with E-state index < -0.39 is 0 Å². The number of piperazine rings is 1. The molecule has 0 aromatic heterocycles. The Hall–Kier alpha value is -1.38. The van der Waals surface area contributed by atoms with E-state index in [9.17, 15) is 4.79 Å². The number of nitrogens with zero attached hydrogens (tertiary/aromatic N) is 4. The molecular weight excluding hydrogens is 334 g/mol. The maximum atomic E-state index is 12.5. The van der Waals surface area contributed by atoms with Gasteiger partial charge in [-0.1, -0.05) is 0 Å². The summed E-state index contributed by atoms with van der Waals surface area (Å²) in [5.41, 5.74) is 0. The van der Waals surface area contributed by atoms with Crippen molar-refractivity contribution in [1.82, 2.24) is 20.0 Å². The average molecular weight is 370 g/mol. The van der Waals surface area contributed by atoms with Gasteiger partial charge in [-0.15, -0.1) is 0 Å². The topological polar surface area (TPSA) is 69.6 Å². The van der Waals surface area contributed by atoms with Crippen molar-refractivity contribution in [1.29, 1.82) is 0 Å². The molecule has 0 aromatic carbocycles. The van der Waals surface area contributed by atoms with Crippen LogP contribution in [0.4, 0.5) is 0 Å². The molecule has 0 spiro atoms. The molecule has 2 fully saturated rings. The molecule has 1 atom stereocenters. The number of hydrogen-bond donors (Lipinski definition) is 1. The van der Waals surface area contributed by atoms with Gasteiger partial charge >= 0.3 is 0 Å². The molecule has 0 saturated carbocycles. The highest BCUT2D eigenvalue weighted by Crippen LogP contribution is 2.16. The Kier molecular flexibility index (Phi) is 9.14. The van der Waals surface area contributed by atoms with Crippen LogP contribution in [0.3, 0.4) is 0 Å². The number of amides is 1. The Bertz CT molecular complexity index is 446. The van der Waals surface area contributed by atoms with Gasteiger partial charge in [-0.3, -0.25) is 9.79 Å². The molecule has 0 aliphatic carbocycles. The molecular formula is C18H35N5O3. The molecule has 1 amide bonds. The molecule has 8 heteroatoms. The van der Waals surface area contributed by atoms with Crippen LogP contribution in [0.15, 0.2) is 4.99 Å². The smallest absolute Gasteiger partial charge is 0.251 e. The number of ether oxygens (including phenoxy) is 2. The molecule has 8 nitrogen and oxygen atoms in total. The second-order valence-electron chi connectivity index (χ2n) is 6.85. The molecule has 2 heterocycles. The molecule has 2 aliphatic heterocycles. The van der Waals surface area contributed by atoms with Crippen molar-refractivity contribution >= 4 is 11.9 Å². The molecule has 2 rings (SSSR count). The fraction of sp³-hybridized carbons (Fsp3) is 0.889. The van der Waals surface area contributed by atoms with E-state index in [-0.39, 0.29) is 12.0 Å². The number of guanidine groups is 1. The first-order chi connectivity index (χ1) is 12.7. The van der Waals surface area contributed by atoms with Crippen LogP contribution in [0.1, 0.15) is 19.8 Å². The number of carbonyl (C=O) groups excluding carboxylic acids is 1. The van der Waals surface area contributed by atoms with Crippen molar-refractivity contribution in [2.24, 2.45) is 4.99 Å². The lowest BCUT2D eigenvalue weighted by Crippen LogP contribution is -2.55. The normalized spacial score (nSPS) is 21.5. The fourth-order valence-electron chi connectivity index (χ4n) is 3.23. The summed E-state index contributed by atoms with van der Waals surface area (Å²) in [5.74, 6) is 1.10. The zero-order valence-corrected chi connectivity index (χ0v) is 16.6. The Morgan fingerprint density at radius 2 is 2.00 bits per heavy atom. The highest BCUT2D eigenvalue weighted by Gasteiger charge is 2.30. The largest absolute Gasteiger partial charge is 0.383 e. The minimum atomic E-state index is -0.217. The van der Waals surface area contributed by atoms with Crippen LogP contribution in [-0.2, 0) is 14.3 Å². The Balaban J connectivity index is 1.79. The quantitative estimate of drug-likeness (QED) is 0.474. The predicted molar refractivity (Wildman–Crippen MR) is 102 cm³/mol. The third-order valence-corrected chi connectivity index (χ3v) is 4.85. The molecule has 2 aliphatic rings. The number of hydrogen-bond acceptors (Lipinski definition) is 5. The molecule has 1 N–H and O–H groups in total. The number of aliphatic imine (C=N–C) groups is 1. The molecule has 0 radical (unpaired) electrons. The van der Waals surface area contributed by atoms with Gasteiger partial charge in [0, 0.05) is 59.5 Å². The zero-order valence-electron chi connectivity index (χ0n) is 16.6. The first-order valence-corrected chi connectivity index (χ1v) is 9.76. The van der Waals surface area contributed by atoms with Gasteiger partial charge in [0.15, 0.2) is 5.96 Å². The number of likely N-dealkylation sites (N-methyl/N-ethyl adjacent to an activating group) is 1. The number of rotatable bonds is 8. The first kappa shape index (κ1) is 20.9. The summed E-state index contributed by atoms with van der Waals surface area (Å²) in [6.07, 6.45) is 1.64. The minimum absolute atomic E-state index is 0.156. The Morgan fingerprint density at radius 3 is 2.62 bits per heavy atom. The second-order valence-corrected chi connectivity index (χ2v) is 6.85. The van der Waals surface area contributed by atoms with Crippen molar-refractivity contribution < 1.29 is 14.3 Å². The highest BCUT2D eigenvalue weighted by molar-refractivity contribution is 5.82. The molecule has 26 heavy (non-hydrogen) atoms. The molecule has 150 valence electrons. The highest BCUT2D eigenvalue weighted by atomic mass is 16.5. The van der Waals surface area contributed by atoms with Crippen molar-refractivity contribution in [3.8, 4) is 0 Å². The summed E-state index contributed by atoms with van der Waals surface area (Å²) in [5, 5.41) is 3.37. The summed E-state index contributed by atoms with van der Waals surface area (Å²) < 4.78 is 10.6. The molecule has 1 unspecified atom stereocenters. The van der Waals surface area contributed by atoms with E-state index in [2.05, 4.69) is 29.1 Å². The standard InChI is InChI=1S/C18H35N5O3/c1-4-19-18(20-7-8-21(2)13-15-25-3)23-11-9-22(10-12-23)17(24)16-6-5-14-26-16/h16H,4-15H2,1-3H3,(H,19,20). The zero-order chi connectivity index (χ0) is 18.8. The van der Waals surface area contributed by atoms with Crippen LogP contribution in [0.25, 0.3) is 0 Å². The summed E-state index contributed by atoms with van der Waals surface area (Å²) in [4.78, 5) is 23.6. The van der Waals surface area contributed by atoms with E-state index in [1.165, 1.54) is 0 Å². The van der Waals surface area contributed by atoms with Crippen LogP contribution in [-0.4, -0.2) is 112 Å². The van der Waals surface area contributed by atoms with Gasteiger partial charge in [0.1, 0.15) is 6.10 Å². The third-order valence-electron chi connectivity index (χ3n) is 4.85. The summed E-state index contributed by atoms with van der Waals surface area (Å²) >= 11 is 0. The third kappa shape index (κ3) is 6.41. The van der Waals surface area contributed by atoms with Gasteiger partial charge in [-0.05, 0) is 26.8 Å². The monoisotopic (exact) mass is 369 g/mol. The van der Waals surface area contributed by atoms with E-state index in [4.69, 9.17) is 14.5 Å². The van der Waals surface area contributed by atoms with Crippen LogP contribution in [0, 0.1) is 0 Å². The van der Waals surface area contributed by atoms with Crippen LogP contribution < -0.4 is 5.32 Å². The van der Waals surface area contributed by atoms with Gasteiger partial charge in [0.2, 0.25) is 0 Å². The summed E-state index contributed by atoms with van der Waals surface area (Å²) in [7, 11) is 3.80.